The summed E-state index contributed by atoms with van der Waals surface area (Å²) in [4.78, 5) is 0. The van der Waals surface area contributed by atoms with Gasteiger partial charge in [0.15, 0.2) is 5.79 Å². The fraction of sp³-hybridized carbons (Fsp3) is 0.259. The van der Waals surface area contributed by atoms with Gasteiger partial charge in [0, 0.05) is 11.8 Å². The third-order valence-electron chi connectivity index (χ3n) is 7.01. The first-order chi connectivity index (χ1) is 14.1. The topological polar surface area (TPSA) is 18.5 Å². The van der Waals surface area contributed by atoms with Crippen molar-refractivity contribution in [3.8, 4) is 0 Å². The standard InChI is InChI=1S/C27H22O2/c1-27(2)28-25-18-10-13-21(26(25)29-27)22(14-18)19-11-8-17-7-6-15-4-3-5-16-9-12-20(19)24(17)23(15)16/h3-14,18,21,25-26H,1-2H3. The minimum Gasteiger partial charge on any atom is -0.344 e. The zero-order valence-corrected chi connectivity index (χ0v) is 16.6. The summed E-state index contributed by atoms with van der Waals surface area (Å²) < 4.78 is 12.6. The van der Waals surface area contributed by atoms with Crippen LogP contribution in [0.4, 0.5) is 0 Å². The quantitative estimate of drug-likeness (QED) is 0.286. The molecule has 2 heteroatoms. The molecule has 1 heterocycles. The Kier molecular flexibility index (Phi) is 2.93. The van der Waals surface area contributed by atoms with Crippen LogP contribution in [-0.2, 0) is 9.47 Å². The van der Waals surface area contributed by atoms with Crippen molar-refractivity contribution in [1.29, 1.82) is 0 Å². The summed E-state index contributed by atoms with van der Waals surface area (Å²) in [7, 11) is 0. The normalized spacial score (nSPS) is 29.8. The van der Waals surface area contributed by atoms with Crippen molar-refractivity contribution >= 4 is 37.9 Å². The number of hydrogen-bond acceptors (Lipinski definition) is 2. The molecule has 142 valence electrons. The van der Waals surface area contributed by atoms with E-state index < -0.39 is 5.79 Å². The third-order valence-corrected chi connectivity index (χ3v) is 7.01. The van der Waals surface area contributed by atoms with Crippen LogP contribution in [0, 0.1) is 11.8 Å². The van der Waals surface area contributed by atoms with E-state index in [0.29, 0.717) is 0 Å². The maximum Gasteiger partial charge on any atom is 0.163 e. The number of ether oxygens (including phenoxy) is 2. The lowest BCUT2D eigenvalue weighted by molar-refractivity contribution is -0.148. The second-order valence-corrected chi connectivity index (χ2v) is 9.14. The molecule has 29 heavy (non-hydrogen) atoms. The maximum atomic E-state index is 6.35. The third kappa shape index (κ3) is 2.08. The summed E-state index contributed by atoms with van der Waals surface area (Å²) in [6.45, 7) is 4.06. The summed E-state index contributed by atoms with van der Waals surface area (Å²) in [5.41, 5.74) is 2.72. The van der Waals surface area contributed by atoms with Crippen LogP contribution in [0.15, 0.2) is 72.8 Å². The molecule has 0 aromatic heterocycles. The molecule has 4 unspecified atom stereocenters. The van der Waals surface area contributed by atoms with Crippen molar-refractivity contribution in [3.05, 3.63) is 78.4 Å². The fourth-order valence-electron chi connectivity index (χ4n) is 5.87. The summed E-state index contributed by atoms with van der Waals surface area (Å²) in [5.74, 6) is 0.00893. The van der Waals surface area contributed by atoms with E-state index >= 15 is 0 Å². The second kappa shape index (κ2) is 5.27. The Labute approximate surface area is 169 Å². The summed E-state index contributed by atoms with van der Waals surface area (Å²) >= 11 is 0. The first-order valence-corrected chi connectivity index (χ1v) is 10.5. The van der Waals surface area contributed by atoms with Crippen LogP contribution in [0.2, 0.25) is 0 Å². The van der Waals surface area contributed by atoms with Gasteiger partial charge in [-0.2, -0.15) is 0 Å². The largest absolute Gasteiger partial charge is 0.344 e. The van der Waals surface area contributed by atoms with Crippen LogP contribution < -0.4 is 0 Å². The molecule has 0 radical (unpaired) electrons. The van der Waals surface area contributed by atoms with Gasteiger partial charge in [0.05, 0.1) is 12.2 Å². The van der Waals surface area contributed by atoms with Crippen LogP contribution in [0.3, 0.4) is 0 Å². The minimum absolute atomic E-state index is 0.0959. The van der Waals surface area contributed by atoms with Gasteiger partial charge in [-0.25, -0.2) is 0 Å². The molecule has 4 atom stereocenters. The SMILES string of the molecule is CC1(C)OC2C3C=CC(C(c4ccc5ccc6cccc7ccc4c5c67)=C3)C2O1. The van der Waals surface area contributed by atoms with Gasteiger partial charge in [0.2, 0.25) is 0 Å². The van der Waals surface area contributed by atoms with Crippen molar-refractivity contribution in [2.24, 2.45) is 11.8 Å². The first-order valence-electron chi connectivity index (χ1n) is 10.5. The average molecular weight is 378 g/mol. The molecule has 0 saturated carbocycles. The van der Waals surface area contributed by atoms with Crippen molar-refractivity contribution in [2.45, 2.75) is 31.8 Å². The minimum atomic E-state index is -0.510. The van der Waals surface area contributed by atoms with Gasteiger partial charge in [0.1, 0.15) is 0 Å². The predicted molar refractivity (Wildman–Crippen MR) is 118 cm³/mol. The molecule has 1 aliphatic heterocycles. The molecule has 4 aliphatic rings. The average Bonchev–Trinajstić information content (AvgIpc) is 3.09. The Morgan fingerprint density at radius 1 is 0.724 bits per heavy atom. The Balaban J connectivity index is 1.48. The summed E-state index contributed by atoms with van der Waals surface area (Å²) in [6, 6.07) is 20.2. The highest BCUT2D eigenvalue weighted by molar-refractivity contribution is 6.24. The molecular formula is C27H22O2. The van der Waals surface area contributed by atoms with Crippen molar-refractivity contribution in [2.75, 3.05) is 0 Å². The van der Waals surface area contributed by atoms with E-state index in [-0.39, 0.29) is 24.0 Å². The highest BCUT2D eigenvalue weighted by Gasteiger charge is 2.52. The van der Waals surface area contributed by atoms with Crippen LogP contribution in [-0.4, -0.2) is 18.0 Å². The molecule has 1 saturated heterocycles. The number of rotatable bonds is 1. The molecule has 3 aliphatic carbocycles. The molecular weight excluding hydrogens is 356 g/mol. The van der Waals surface area contributed by atoms with Crippen LogP contribution in [0.5, 0.6) is 0 Å². The monoisotopic (exact) mass is 378 g/mol. The predicted octanol–water partition coefficient (Wildman–Crippen LogP) is 6.30. The Morgan fingerprint density at radius 3 is 2.24 bits per heavy atom. The zero-order chi connectivity index (χ0) is 19.3. The Hall–Kier alpha value is -2.68. The van der Waals surface area contributed by atoms with Gasteiger partial charge < -0.3 is 9.47 Å². The molecule has 1 fully saturated rings. The highest BCUT2D eigenvalue weighted by atomic mass is 16.8. The summed E-state index contributed by atoms with van der Waals surface area (Å²) in [5, 5.41) is 8.03. The van der Waals surface area contributed by atoms with Crippen LogP contribution in [0.25, 0.3) is 37.9 Å². The van der Waals surface area contributed by atoms with Gasteiger partial charge in [-0.15, -0.1) is 0 Å². The van der Waals surface area contributed by atoms with Crippen LogP contribution in [0.1, 0.15) is 19.4 Å². The van der Waals surface area contributed by atoms with Gasteiger partial charge in [0.25, 0.3) is 0 Å². The van der Waals surface area contributed by atoms with E-state index in [2.05, 4.69) is 72.8 Å². The lowest BCUT2D eigenvalue weighted by atomic mass is 9.70. The van der Waals surface area contributed by atoms with Gasteiger partial charge >= 0.3 is 0 Å². The molecule has 8 rings (SSSR count). The van der Waals surface area contributed by atoms with Crippen molar-refractivity contribution in [3.63, 3.8) is 0 Å². The smallest absolute Gasteiger partial charge is 0.163 e. The molecule has 2 bridgehead atoms. The highest BCUT2D eigenvalue weighted by Crippen LogP contribution is 2.50. The molecule has 0 amide bonds. The lowest BCUT2D eigenvalue weighted by Crippen LogP contribution is -2.42. The van der Waals surface area contributed by atoms with E-state index in [1.807, 2.05) is 13.8 Å². The second-order valence-electron chi connectivity index (χ2n) is 9.14. The van der Waals surface area contributed by atoms with E-state index in [1.165, 1.54) is 43.5 Å². The van der Waals surface area contributed by atoms with Gasteiger partial charge in [-0.3, -0.25) is 0 Å². The van der Waals surface area contributed by atoms with E-state index in [4.69, 9.17) is 9.47 Å². The number of benzene rings is 4. The zero-order valence-electron chi connectivity index (χ0n) is 16.6. The fourth-order valence-corrected chi connectivity index (χ4v) is 5.87. The van der Waals surface area contributed by atoms with Gasteiger partial charge in [-0.1, -0.05) is 72.8 Å². The molecule has 4 aromatic carbocycles. The Morgan fingerprint density at radius 2 is 1.41 bits per heavy atom. The van der Waals surface area contributed by atoms with Crippen molar-refractivity contribution < 1.29 is 9.47 Å². The molecule has 4 aromatic rings. The number of hydrogen-bond donors (Lipinski definition) is 0. The van der Waals surface area contributed by atoms with E-state index in [1.54, 1.807) is 0 Å². The molecule has 0 spiro atoms. The lowest BCUT2D eigenvalue weighted by Gasteiger charge is -2.39. The molecule has 0 N–H and O–H groups in total. The summed E-state index contributed by atoms with van der Waals surface area (Å²) in [6.07, 6.45) is 7.28. The van der Waals surface area contributed by atoms with Crippen molar-refractivity contribution in [1.82, 2.24) is 0 Å². The maximum absolute atomic E-state index is 6.35. The van der Waals surface area contributed by atoms with E-state index in [9.17, 15) is 0 Å². The van der Waals surface area contributed by atoms with Crippen LogP contribution >= 0.6 is 0 Å². The first kappa shape index (κ1) is 16.2. The Bertz CT molecular complexity index is 1340. The van der Waals surface area contributed by atoms with E-state index in [0.717, 1.165) is 0 Å². The van der Waals surface area contributed by atoms with Gasteiger partial charge in [-0.05, 0) is 57.3 Å². The molecule has 2 nitrogen and oxygen atoms in total.